The Balaban J connectivity index is 1.81. The standard InChI is InChI=1S/C16H18BrN3O3S/c1-2-3-7-23-16(22)18-9-14(21)20-15-19-13(10-24-15)11-5-4-6-12(17)8-11/h4-6,8,10H,2-3,7,9H2,1H3,(H,18,22)(H,19,20,21). The molecule has 0 spiro atoms. The number of carbonyl (C=O) groups is 2. The molecule has 2 amide bonds. The van der Waals surface area contributed by atoms with Crippen LogP contribution in [0, 0.1) is 0 Å². The summed E-state index contributed by atoms with van der Waals surface area (Å²) in [6.45, 7) is 2.20. The lowest BCUT2D eigenvalue weighted by atomic mass is 10.2. The summed E-state index contributed by atoms with van der Waals surface area (Å²) < 4.78 is 5.87. The first kappa shape index (κ1) is 18.4. The number of hydrogen-bond acceptors (Lipinski definition) is 5. The smallest absolute Gasteiger partial charge is 0.407 e. The van der Waals surface area contributed by atoms with E-state index < -0.39 is 6.09 Å². The number of alkyl carbamates (subject to hydrolysis) is 1. The van der Waals surface area contributed by atoms with E-state index in [1.54, 1.807) is 0 Å². The number of unbranched alkanes of at least 4 members (excludes halogenated alkanes) is 1. The van der Waals surface area contributed by atoms with Crippen molar-refractivity contribution in [2.45, 2.75) is 19.8 Å². The van der Waals surface area contributed by atoms with Crippen molar-refractivity contribution in [3.05, 3.63) is 34.1 Å². The van der Waals surface area contributed by atoms with Crippen LogP contribution in [0.3, 0.4) is 0 Å². The molecule has 0 saturated heterocycles. The van der Waals surface area contributed by atoms with Gasteiger partial charge in [0, 0.05) is 15.4 Å². The molecule has 0 aliphatic rings. The van der Waals surface area contributed by atoms with Gasteiger partial charge in [-0.15, -0.1) is 11.3 Å². The van der Waals surface area contributed by atoms with Crippen LogP contribution in [0.1, 0.15) is 19.8 Å². The predicted molar refractivity (Wildman–Crippen MR) is 98.1 cm³/mol. The first-order chi connectivity index (χ1) is 11.6. The fourth-order valence-corrected chi connectivity index (χ4v) is 2.92. The number of amides is 2. The number of aromatic nitrogens is 1. The Labute approximate surface area is 152 Å². The molecule has 0 saturated carbocycles. The molecule has 0 radical (unpaired) electrons. The minimum atomic E-state index is -0.590. The molecule has 1 aromatic carbocycles. The van der Waals surface area contributed by atoms with Gasteiger partial charge in [-0.05, 0) is 18.6 Å². The molecular formula is C16H18BrN3O3S. The van der Waals surface area contributed by atoms with E-state index in [0.717, 1.165) is 28.6 Å². The largest absolute Gasteiger partial charge is 0.450 e. The average Bonchev–Trinajstić information content (AvgIpc) is 3.02. The lowest BCUT2D eigenvalue weighted by Gasteiger charge is -2.06. The second kappa shape index (κ2) is 9.39. The van der Waals surface area contributed by atoms with Crippen molar-refractivity contribution in [1.29, 1.82) is 0 Å². The van der Waals surface area contributed by atoms with Gasteiger partial charge in [-0.1, -0.05) is 41.4 Å². The molecule has 2 rings (SSSR count). The molecule has 0 aliphatic carbocycles. The van der Waals surface area contributed by atoms with Crippen molar-refractivity contribution in [2.24, 2.45) is 0 Å². The highest BCUT2D eigenvalue weighted by atomic mass is 79.9. The number of thiazole rings is 1. The van der Waals surface area contributed by atoms with Crippen LogP contribution >= 0.6 is 27.3 Å². The van der Waals surface area contributed by atoms with E-state index in [-0.39, 0.29) is 12.5 Å². The summed E-state index contributed by atoms with van der Waals surface area (Å²) in [5.41, 5.74) is 1.74. The molecule has 0 unspecified atom stereocenters. The Hall–Kier alpha value is -1.93. The zero-order valence-electron chi connectivity index (χ0n) is 13.2. The van der Waals surface area contributed by atoms with E-state index in [4.69, 9.17) is 4.74 Å². The summed E-state index contributed by atoms with van der Waals surface area (Å²) in [7, 11) is 0. The fourth-order valence-electron chi connectivity index (χ4n) is 1.79. The van der Waals surface area contributed by atoms with E-state index in [2.05, 4.69) is 31.5 Å². The monoisotopic (exact) mass is 411 g/mol. The number of halogens is 1. The van der Waals surface area contributed by atoms with Crippen molar-refractivity contribution in [1.82, 2.24) is 10.3 Å². The number of rotatable bonds is 7. The molecule has 6 nitrogen and oxygen atoms in total. The third-order valence-electron chi connectivity index (χ3n) is 3.00. The Kier molecular flexibility index (Phi) is 7.20. The third-order valence-corrected chi connectivity index (χ3v) is 4.25. The normalized spacial score (nSPS) is 10.2. The van der Waals surface area contributed by atoms with Crippen LogP contribution in [0.4, 0.5) is 9.93 Å². The van der Waals surface area contributed by atoms with Crippen LogP contribution in [0.2, 0.25) is 0 Å². The Bertz CT molecular complexity index is 705. The summed E-state index contributed by atoms with van der Waals surface area (Å²) in [6, 6.07) is 7.75. The maximum atomic E-state index is 11.8. The van der Waals surface area contributed by atoms with E-state index in [1.807, 2.05) is 36.6 Å². The quantitative estimate of drug-likeness (QED) is 0.673. The third kappa shape index (κ3) is 5.93. The summed E-state index contributed by atoms with van der Waals surface area (Å²) in [5.74, 6) is -0.349. The second-order valence-electron chi connectivity index (χ2n) is 4.94. The zero-order valence-corrected chi connectivity index (χ0v) is 15.6. The molecular weight excluding hydrogens is 394 g/mol. The van der Waals surface area contributed by atoms with Gasteiger partial charge in [0.05, 0.1) is 12.3 Å². The Morgan fingerprint density at radius 1 is 1.38 bits per heavy atom. The first-order valence-electron chi connectivity index (χ1n) is 7.50. The maximum Gasteiger partial charge on any atom is 0.407 e. The SMILES string of the molecule is CCCCOC(=O)NCC(=O)Nc1nc(-c2cccc(Br)c2)cs1. The summed E-state index contributed by atoms with van der Waals surface area (Å²) in [5, 5.41) is 7.41. The fraction of sp³-hybridized carbons (Fsp3) is 0.312. The molecule has 0 atom stereocenters. The lowest BCUT2D eigenvalue weighted by molar-refractivity contribution is -0.115. The molecule has 128 valence electrons. The number of carbonyl (C=O) groups excluding carboxylic acids is 2. The molecule has 24 heavy (non-hydrogen) atoms. The molecule has 1 aromatic heterocycles. The highest BCUT2D eigenvalue weighted by molar-refractivity contribution is 9.10. The molecule has 1 heterocycles. The Morgan fingerprint density at radius 3 is 2.96 bits per heavy atom. The molecule has 8 heteroatoms. The number of benzene rings is 1. The van der Waals surface area contributed by atoms with E-state index in [9.17, 15) is 9.59 Å². The van der Waals surface area contributed by atoms with Crippen molar-refractivity contribution >= 4 is 44.4 Å². The van der Waals surface area contributed by atoms with Crippen LogP contribution in [-0.2, 0) is 9.53 Å². The van der Waals surface area contributed by atoms with Crippen molar-refractivity contribution < 1.29 is 14.3 Å². The predicted octanol–water partition coefficient (Wildman–Crippen LogP) is 4.04. The number of nitrogens with one attached hydrogen (secondary N) is 2. The summed E-state index contributed by atoms with van der Waals surface area (Å²) >= 11 is 4.74. The molecule has 0 aliphatic heterocycles. The van der Waals surface area contributed by atoms with Crippen molar-refractivity contribution in [3.8, 4) is 11.3 Å². The van der Waals surface area contributed by atoms with Crippen molar-refractivity contribution in [3.63, 3.8) is 0 Å². The van der Waals surface area contributed by atoms with E-state index in [0.29, 0.717) is 11.7 Å². The molecule has 2 aromatic rings. The van der Waals surface area contributed by atoms with Crippen molar-refractivity contribution in [2.75, 3.05) is 18.5 Å². The number of nitrogens with zero attached hydrogens (tertiary/aromatic N) is 1. The van der Waals surface area contributed by atoms with Gasteiger partial charge in [0.15, 0.2) is 5.13 Å². The summed E-state index contributed by atoms with van der Waals surface area (Å²) in [6.07, 6.45) is 1.16. The Morgan fingerprint density at radius 2 is 2.21 bits per heavy atom. The zero-order chi connectivity index (χ0) is 17.4. The highest BCUT2D eigenvalue weighted by Gasteiger charge is 2.10. The van der Waals surface area contributed by atoms with Gasteiger partial charge in [0.1, 0.15) is 6.54 Å². The number of anilines is 1. The van der Waals surface area contributed by atoms with Crippen LogP contribution in [0.15, 0.2) is 34.1 Å². The molecule has 0 bridgehead atoms. The van der Waals surface area contributed by atoms with Gasteiger partial charge in [-0.3, -0.25) is 4.79 Å². The van der Waals surface area contributed by atoms with Crippen LogP contribution in [0.5, 0.6) is 0 Å². The van der Waals surface area contributed by atoms with Gasteiger partial charge in [-0.2, -0.15) is 0 Å². The van der Waals surface area contributed by atoms with E-state index in [1.165, 1.54) is 11.3 Å². The highest BCUT2D eigenvalue weighted by Crippen LogP contribution is 2.26. The van der Waals surface area contributed by atoms with Gasteiger partial charge in [-0.25, -0.2) is 9.78 Å². The molecule has 2 N–H and O–H groups in total. The lowest BCUT2D eigenvalue weighted by Crippen LogP contribution is -2.33. The van der Waals surface area contributed by atoms with Crippen LogP contribution in [0.25, 0.3) is 11.3 Å². The minimum absolute atomic E-state index is 0.156. The summed E-state index contributed by atoms with van der Waals surface area (Å²) in [4.78, 5) is 27.6. The van der Waals surface area contributed by atoms with E-state index >= 15 is 0 Å². The minimum Gasteiger partial charge on any atom is -0.450 e. The van der Waals surface area contributed by atoms with Crippen LogP contribution in [-0.4, -0.2) is 30.1 Å². The topological polar surface area (TPSA) is 80.3 Å². The molecule has 0 fully saturated rings. The number of ether oxygens (including phenoxy) is 1. The van der Waals surface area contributed by atoms with Crippen LogP contribution < -0.4 is 10.6 Å². The first-order valence-corrected chi connectivity index (χ1v) is 9.17. The van der Waals surface area contributed by atoms with Gasteiger partial charge >= 0.3 is 6.09 Å². The van der Waals surface area contributed by atoms with Gasteiger partial charge in [0.25, 0.3) is 0 Å². The second-order valence-corrected chi connectivity index (χ2v) is 6.71. The average molecular weight is 412 g/mol. The van der Waals surface area contributed by atoms with Gasteiger partial charge < -0.3 is 15.4 Å². The maximum absolute atomic E-state index is 11.8. The number of hydrogen-bond donors (Lipinski definition) is 2. The van der Waals surface area contributed by atoms with Gasteiger partial charge in [0.2, 0.25) is 5.91 Å².